The Morgan fingerprint density at radius 2 is 1.94 bits per heavy atom. The number of thiazole rings is 1. The summed E-state index contributed by atoms with van der Waals surface area (Å²) < 4.78 is 7.29. The molecule has 0 aliphatic carbocycles. The van der Waals surface area contributed by atoms with Gasteiger partial charge in [0.1, 0.15) is 22.8 Å². The lowest BCUT2D eigenvalue weighted by molar-refractivity contribution is -0.136. The van der Waals surface area contributed by atoms with Gasteiger partial charge < -0.3 is 15.4 Å². The highest BCUT2D eigenvalue weighted by molar-refractivity contribution is 7.16. The van der Waals surface area contributed by atoms with Crippen molar-refractivity contribution in [3.05, 3.63) is 65.3 Å². The zero-order valence-electron chi connectivity index (χ0n) is 29.0. The molecule has 0 aromatic carbocycles. The van der Waals surface area contributed by atoms with E-state index in [1.165, 1.54) is 0 Å². The predicted octanol–water partition coefficient (Wildman–Crippen LogP) is 3.89. The lowest BCUT2D eigenvalue weighted by Gasteiger charge is -2.32. The smallest absolute Gasteiger partial charge is 0.239 e. The fourth-order valence-electron chi connectivity index (χ4n) is 6.24. The topological polar surface area (TPSA) is 172 Å². The van der Waals surface area contributed by atoms with Crippen LogP contribution < -0.4 is 15.4 Å². The van der Waals surface area contributed by atoms with Crippen LogP contribution >= 0.6 is 11.3 Å². The Bertz CT molecular complexity index is 1900. The Kier molecular flexibility index (Phi) is 10.3. The van der Waals surface area contributed by atoms with Gasteiger partial charge in [0.05, 0.1) is 34.3 Å². The van der Waals surface area contributed by atoms with Gasteiger partial charge in [0.25, 0.3) is 0 Å². The number of amides is 2. The van der Waals surface area contributed by atoms with Gasteiger partial charge in [-0.25, -0.2) is 19.9 Å². The number of ether oxygens (including phenoxy) is 1. The number of rotatable bonds is 11. The van der Waals surface area contributed by atoms with Crippen LogP contribution in [0.5, 0.6) is 5.88 Å². The fraction of sp³-hybridized carbons (Fsp3) is 0.429. The largest absolute Gasteiger partial charge is 0.475 e. The van der Waals surface area contributed by atoms with Crippen LogP contribution in [0.2, 0.25) is 0 Å². The van der Waals surface area contributed by atoms with E-state index in [9.17, 15) is 9.59 Å². The number of hydrogen-bond acceptors (Lipinski definition) is 12. The molecule has 0 spiro atoms. The number of anilines is 2. The molecule has 6 heterocycles. The molecule has 6 rings (SSSR count). The van der Waals surface area contributed by atoms with Crippen molar-refractivity contribution < 1.29 is 14.3 Å². The molecular weight excluding hydrogens is 655 g/mol. The van der Waals surface area contributed by atoms with Crippen LogP contribution in [-0.4, -0.2) is 102 Å². The summed E-state index contributed by atoms with van der Waals surface area (Å²) >= 11 is 1.56. The van der Waals surface area contributed by atoms with Gasteiger partial charge in [0, 0.05) is 57.3 Å². The average Bonchev–Trinajstić information content (AvgIpc) is 3.90. The molecule has 0 saturated carbocycles. The van der Waals surface area contributed by atoms with E-state index in [2.05, 4.69) is 36.0 Å². The first kappa shape index (κ1) is 34.8. The first-order chi connectivity index (χ1) is 24.0. The quantitative estimate of drug-likeness (QED) is 0.219. The zero-order chi connectivity index (χ0) is 35.5. The molecule has 1 fully saturated rings. The van der Waals surface area contributed by atoms with Crippen LogP contribution in [0.3, 0.4) is 0 Å². The summed E-state index contributed by atoms with van der Waals surface area (Å²) in [7, 11) is 1.84. The number of aryl methyl sites for hydroxylation is 1. The number of nitrogens with one attached hydrogen (secondary N) is 1. The van der Waals surface area contributed by atoms with Crippen molar-refractivity contribution in [1.82, 2.24) is 39.5 Å². The van der Waals surface area contributed by atoms with Crippen molar-refractivity contribution in [1.29, 1.82) is 5.41 Å². The second-order valence-electron chi connectivity index (χ2n) is 12.8. The van der Waals surface area contributed by atoms with E-state index < -0.39 is 0 Å². The van der Waals surface area contributed by atoms with Gasteiger partial charge in [-0.1, -0.05) is 6.08 Å². The Balaban J connectivity index is 1.06. The summed E-state index contributed by atoms with van der Waals surface area (Å²) in [6.07, 6.45) is 8.45. The number of likely N-dealkylation sites (tertiary alicyclic amines) is 1. The fourth-order valence-corrected chi connectivity index (χ4v) is 7.16. The van der Waals surface area contributed by atoms with Gasteiger partial charge in [0.15, 0.2) is 5.82 Å². The Hall–Kier alpha value is -5.02. The van der Waals surface area contributed by atoms with Gasteiger partial charge in [0.2, 0.25) is 17.7 Å². The molecule has 50 heavy (non-hydrogen) atoms. The highest BCUT2D eigenvalue weighted by atomic mass is 32.1. The minimum Gasteiger partial charge on any atom is -0.475 e. The van der Waals surface area contributed by atoms with Gasteiger partial charge in [-0.15, -0.1) is 11.3 Å². The van der Waals surface area contributed by atoms with E-state index in [0.717, 1.165) is 21.9 Å². The van der Waals surface area contributed by atoms with Crippen molar-refractivity contribution >= 4 is 45.9 Å². The minimum atomic E-state index is -0.354. The summed E-state index contributed by atoms with van der Waals surface area (Å²) in [5, 5.41) is 14.1. The summed E-state index contributed by atoms with van der Waals surface area (Å²) in [6, 6.07) is 6.49. The molecule has 2 atom stereocenters. The number of hydrogen-bond donors (Lipinski definition) is 2. The van der Waals surface area contributed by atoms with E-state index in [1.54, 1.807) is 63.9 Å². The molecule has 2 aliphatic rings. The normalized spacial score (nSPS) is 17.1. The molecule has 4 aromatic heterocycles. The van der Waals surface area contributed by atoms with Crippen LogP contribution in [0, 0.1) is 11.3 Å². The number of aromatic nitrogens is 6. The summed E-state index contributed by atoms with van der Waals surface area (Å²) in [5.74, 6) is 1.27. The highest BCUT2D eigenvalue weighted by Gasteiger charge is 2.37. The van der Waals surface area contributed by atoms with Gasteiger partial charge in [-0.05, 0) is 70.9 Å². The molecule has 1 saturated heterocycles. The molecule has 0 radical (unpaired) electrons. The number of nitrogens with zero attached hydrogens (tertiary/aromatic N) is 9. The van der Waals surface area contributed by atoms with Gasteiger partial charge >= 0.3 is 0 Å². The molecule has 14 nitrogen and oxygen atoms in total. The Morgan fingerprint density at radius 3 is 2.60 bits per heavy atom. The Labute approximate surface area is 295 Å². The second kappa shape index (κ2) is 14.8. The van der Waals surface area contributed by atoms with Gasteiger partial charge in [-0.3, -0.25) is 29.5 Å². The van der Waals surface area contributed by atoms with E-state index in [1.807, 2.05) is 39.6 Å². The third-order valence-corrected chi connectivity index (χ3v) is 10.1. The van der Waals surface area contributed by atoms with Crippen molar-refractivity contribution in [3.63, 3.8) is 0 Å². The maximum atomic E-state index is 13.9. The minimum absolute atomic E-state index is 0.0166. The van der Waals surface area contributed by atoms with E-state index in [0.29, 0.717) is 67.9 Å². The first-order valence-electron chi connectivity index (χ1n) is 16.9. The molecule has 3 N–H and O–H groups in total. The lowest BCUT2D eigenvalue weighted by atomic mass is 10.1. The predicted molar refractivity (Wildman–Crippen MR) is 193 cm³/mol. The number of pyridine rings is 2. The third-order valence-electron chi connectivity index (χ3n) is 8.98. The van der Waals surface area contributed by atoms with Crippen LogP contribution in [0.15, 0.2) is 49.1 Å². The first-order valence-corrected chi connectivity index (χ1v) is 17.7. The van der Waals surface area contributed by atoms with Gasteiger partial charge in [-0.2, -0.15) is 5.10 Å². The maximum Gasteiger partial charge on any atom is 0.239 e. The third kappa shape index (κ3) is 7.43. The Morgan fingerprint density at radius 1 is 1.12 bits per heavy atom. The molecule has 4 aromatic rings. The molecule has 262 valence electrons. The maximum absolute atomic E-state index is 13.9. The molecular formula is C35H43N11O3S. The number of carbonyl (C=O) groups excluding carboxylic acids is 2. The lowest BCUT2D eigenvalue weighted by Crippen LogP contribution is -2.48. The second-order valence-corrected chi connectivity index (χ2v) is 13.8. The molecule has 2 amide bonds. The molecule has 1 unspecified atom stereocenters. The van der Waals surface area contributed by atoms with Crippen molar-refractivity contribution in [2.45, 2.75) is 52.7 Å². The summed E-state index contributed by atoms with van der Waals surface area (Å²) in [5.41, 5.74) is 8.64. The summed E-state index contributed by atoms with van der Waals surface area (Å²) in [6.45, 7) is 10.3. The molecule has 2 aliphatic heterocycles. The van der Waals surface area contributed by atoms with Crippen molar-refractivity contribution in [2.75, 3.05) is 43.4 Å². The van der Waals surface area contributed by atoms with Crippen LogP contribution in [0.1, 0.15) is 56.8 Å². The van der Waals surface area contributed by atoms with Crippen LogP contribution in [-0.2, 0) is 16.6 Å². The van der Waals surface area contributed by atoms with E-state index in [-0.39, 0.29) is 41.3 Å². The number of carbonyl (C=O) groups is 2. The molecule has 0 bridgehead atoms. The monoisotopic (exact) mass is 697 g/mol. The number of nitrogen functional groups attached to an aromatic ring is 1. The van der Waals surface area contributed by atoms with E-state index in [4.69, 9.17) is 15.9 Å². The van der Waals surface area contributed by atoms with Crippen LogP contribution in [0.4, 0.5) is 11.5 Å². The van der Waals surface area contributed by atoms with E-state index >= 15 is 0 Å². The summed E-state index contributed by atoms with van der Waals surface area (Å²) in [4.78, 5) is 51.9. The number of nitrogens with two attached hydrogens (primary N) is 1. The highest BCUT2D eigenvalue weighted by Crippen LogP contribution is 2.31. The SMILES string of the molecule is CCN(C(=O)[C@@H]1CCN(C(C)C(=O)N2CC=C(c3ncc(-c4ncn(C)n4)s3)CC2)C1)c1ccc(N)c(C(=N)c2ccc(OC(C)C)nc2)n1. The van der Waals surface area contributed by atoms with Crippen LogP contribution in [0.25, 0.3) is 16.3 Å². The molecule has 15 heteroatoms. The standard InChI is InChI=1S/C35H43N11O3S/c1-6-46(28-9-8-26(36)31(41-28)30(37)24-7-10-29(38-17-24)49-21(2)3)35(48)25-13-16-45(19-25)22(4)34(47)44-14-11-23(12-15-44)33-39-18-27(50-33)32-40-20-43(5)42-32/h7-11,17-18,20-22,25,37H,6,12-16,19,36H2,1-5H3/t22?,25-/m1/s1. The van der Waals surface area contributed by atoms with Crippen molar-refractivity contribution in [2.24, 2.45) is 13.0 Å². The zero-order valence-corrected chi connectivity index (χ0v) is 29.9. The van der Waals surface area contributed by atoms with Crippen molar-refractivity contribution in [3.8, 4) is 16.6 Å². The average molecular weight is 698 g/mol.